The summed E-state index contributed by atoms with van der Waals surface area (Å²) in [6.45, 7) is 2.80. The van der Waals surface area contributed by atoms with Gasteiger partial charge < -0.3 is 16.0 Å². The third kappa shape index (κ3) is 3.95. The van der Waals surface area contributed by atoms with Crippen molar-refractivity contribution in [3.05, 3.63) is 34.5 Å². The predicted octanol–water partition coefficient (Wildman–Crippen LogP) is 0.866. The first-order valence-corrected chi connectivity index (χ1v) is 6.70. The lowest BCUT2D eigenvalue weighted by Gasteiger charge is -2.03. The molecule has 0 radical (unpaired) electrons. The van der Waals surface area contributed by atoms with Crippen LogP contribution in [0.15, 0.2) is 28.4 Å². The Balaban J connectivity index is 1.99. The zero-order valence-electron chi connectivity index (χ0n) is 10.4. The van der Waals surface area contributed by atoms with Gasteiger partial charge in [-0.25, -0.2) is 9.97 Å². The number of hydrogen-bond acceptors (Lipinski definition) is 7. The molecule has 0 fully saturated rings. The van der Waals surface area contributed by atoms with E-state index in [2.05, 4.69) is 25.3 Å². The standard InChI is InChI=1S/C11H14N6OS/c1-2-13-9-5-14-7(4-15-9)6-19-11-16-8(12)3-10(18)17-11/h3-5H,2,6H2,1H3,(H,13,15)(H3,12,16,17,18). The van der Waals surface area contributed by atoms with E-state index in [1.165, 1.54) is 17.8 Å². The van der Waals surface area contributed by atoms with E-state index < -0.39 is 0 Å². The van der Waals surface area contributed by atoms with Crippen molar-refractivity contribution in [3.63, 3.8) is 0 Å². The van der Waals surface area contributed by atoms with Gasteiger partial charge in [0.25, 0.3) is 5.56 Å². The van der Waals surface area contributed by atoms with E-state index in [4.69, 9.17) is 5.73 Å². The van der Waals surface area contributed by atoms with Gasteiger partial charge in [0.1, 0.15) is 11.6 Å². The molecule has 0 aromatic carbocycles. The lowest BCUT2D eigenvalue weighted by Crippen LogP contribution is -2.09. The van der Waals surface area contributed by atoms with Gasteiger partial charge in [-0.3, -0.25) is 9.78 Å². The first kappa shape index (κ1) is 13.3. The van der Waals surface area contributed by atoms with E-state index in [1.807, 2.05) is 6.92 Å². The molecular formula is C11H14N6OS. The molecular weight excluding hydrogens is 264 g/mol. The zero-order valence-corrected chi connectivity index (χ0v) is 11.2. The number of nitrogens with zero attached hydrogens (tertiary/aromatic N) is 3. The summed E-state index contributed by atoms with van der Waals surface area (Å²) in [4.78, 5) is 26.3. The highest BCUT2D eigenvalue weighted by Gasteiger charge is 2.02. The summed E-state index contributed by atoms with van der Waals surface area (Å²) in [6.07, 6.45) is 3.37. The average Bonchev–Trinajstić information content (AvgIpc) is 2.37. The van der Waals surface area contributed by atoms with Crippen molar-refractivity contribution in [3.8, 4) is 0 Å². The largest absolute Gasteiger partial charge is 0.383 e. The van der Waals surface area contributed by atoms with Crippen LogP contribution in [0.4, 0.5) is 11.6 Å². The molecule has 2 aromatic heterocycles. The number of rotatable bonds is 5. The Labute approximate surface area is 114 Å². The first-order valence-electron chi connectivity index (χ1n) is 5.72. The van der Waals surface area contributed by atoms with Crippen molar-refractivity contribution in [2.45, 2.75) is 17.8 Å². The maximum absolute atomic E-state index is 11.2. The molecule has 0 amide bonds. The fourth-order valence-corrected chi connectivity index (χ4v) is 2.14. The molecule has 19 heavy (non-hydrogen) atoms. The average molecular weight is 278 g/mol. The molecule has 0 aliphatic rings. The number of thioether (sulfide) groups is 1. The Morgan fingerprint density at radius 3 is 2.89 bits per heavy atom. The molecule has 0 saturated carbocycles. The minimum atomic E-state index is -0.261. The van der Waals surface area contributed by atoms with Gasteiger partial charge in [0, 0.05) is 18.4 Å². The van der Waals surface area contributed by atoms with E-state index in [9.17, 15) is 4.79 Å². The second-order valence-electron chi connectivity index (χ2n) is 3.69. The van der Waals surface area contributed by atoms with Crippen LogP contribution in [-0.4, -0.2) is 26.5 Å². The quantitative estimate of drug-likeness (QED) is 0.549. The third-order valence-electron chi connectivity index (χ3n) is 2.16. The molecule has 0 spiro atoms. The van der Waals surface area contributed by atoms with Gasteiger partial charge in [-0.15, -0.1) is 0 Å². The van der Waals surface area contributed by atoms with Crippen molar-refractivity contribution in [1.29, 1.82) is 0 Å². The van der Waals surface area contributed by atoms with Crippen molar-refractivity contribution >= 4 is 23.4 Å². The fourth-order valence-electron chi connectivity index (χ4n) is 1.37. The number of nitrogen functional groups attached to an aromatic ring is 1. The number of hydrogen-bond donors (Lipinski definition) is 3. The van der Waals surface area contributed by atoms with Gasteiger partial charge in [-0.2, -0.15) is 0 Å². The van der Waals surface area contributed by atoms with Crippen LogP contribution in [0.2, 0.25) is 0 Å². The van der Waals surface area contributed by atoms with Crippen LogP contribution >= 0.6 is 11.8 Å². The number of aromatic nitrogens is 4. The molecule has 0 unspecified atom stereocenters. The Bertz CT molecular complexity index is 597. The van der Waals surface area contributed by atoms with Crippen LogP contribution in [-0.2, 0) is 5.75 Å². The highest BCUT2D eigenvalue weighted by molar-refractivity contribution is 7.98. The molecule has 2 aromatic rings. The second kappa shape index (κ2) is 6.19. The molecule has 2 heterocycles. The number of H-pyrrole nitrogens is 1. The Morgan fingerprint density at radius 2 is 2.26 bits per heavy atom. The van der Waals surface area contributed by atoms with Crippen molar-refractivity contribution in [2.24, 2.45) is 0 Å². The first-order chi connectivity index (χ1) is 9.17. The van der Waals surface area contributed by atoms with E-state index in [1.54, 1.807) is 12.4 Å². The molecule has 0 aliphatic carbocycles. The molecule has 0 atom stereocenters. The summed E-state index contributed by atoms with van der Waals surface area (Å²) in [5.74, 6) is 1.51. The molecule has 0 aliphatic heterocycles. The molecule has 7 nitrogen and oxygen atoms in total. The van der Waals surface area contributed by atoms with Crippen molar-refractivity contribution in [1.82, 2.24) is 19.9 Å². The maximum atomic E-state index is 11.2. The van der Waals surface area contributed by atoms with Crippen LogP contribution in [0.3, 0.4) is 0 Å². The van der Waals surface area contributed by atoms with Gasteiger partial charge in [-0.05, 0) is 6.92 Å². The van der Waals surface area contributed by atoms with Gasteiger partial charge >= 0.3 is 0 Å². The predicted molar refractivity (Wildman–Crippen MR) is 75.0 cm³/mol. The van der Waals surface area contributed by atoms with Crippen LogP contribution in [0.25, 0.3) is 0 Å². The third-order valence-corrected chi connectivity index (χ3v) is 3.07. The molecule has 0 bridgehead atoms. The summed E-state index contributed by atoms with van der Waals surface area (Å²) in [7, 11) is 0. The maximum Gasteiger partial charge on any atom is 0.253 e. The van der Waals surface area contributed by atoms with Crippen LogP contribution < -0.4 is 16.6 Å². The lowest BCUT2D eigenvalue weighted by atomic mass is 10.5. The van der Waals surface area contributed by atoms with Gasteiger partial charge in [0.2, 0.25) is 0 Å². The van der Waals surface area contributed by atoms with Crippen molar-refractivity contribution in [2.75, 3.05) is 17.6 Å². The van der Waals surface area contributed by atoms with E-state index in [-0.39, 0.29) is 11.4 Å². The summed E-state index contributed by atoms with van der Waals surface area (Å²) in [6, 6.07) is 1.25. The molecule has 0 saturated heterocycles. The molecule has 8 heteroatoms. The summed E-state index contributed by atoms with van der Waals surface area (Å²) >= 11 is 1.35. The van der Waals surface area contributed by atoms with E-state index in [0.717, 1.165) is 18.1 Å². The summed E-state index contributed by atoms with van der Waals surface area (Å²) in [5.41, 5.74) is 6.04. The number of anilines is 2. The minimum Gasteiger partial charge on any atom is -0.383 e. The minimum absolute atomic E-state index is 0.208. The zero-order chi connectivity index (χ0) is 13.7. The van der Waals surface area contributed by atoms with Gasteiger partial charge in [0.15, 0.2) is 5.16 Å². The number of aromatic amines is 1. The molecule has 2 rings (SSSR count). The highest BCUT2D eigenvalue weighted by Crippen LogP contribution is 2.17. The topological polar surface area (TPSA) is 110 Å². The summed E-state index contributed by atoms with van der Waals surface area (Å²) < 4.78 is 0. The van der Waals surface area contributed by atoms with E-state index in [0.29, 0.717) is 10.9 Å². The molecule has 4 N–H and O–H groups in total. The fraction of sp³-hybridized carbons (Fsp3) is 0.273. The SMILES string of the molecule is CCNc1cnc(CSc2nc(N)cc(=O)[nH]2)cn1. The second-order valence-corrected chi connectivity index (χ2v) is 4.65. The van der Waals surface area contributed by atoms with Crippen LogP contribution in [0.5, 0.6) is 0 Å². The Morgan fingerprint density at radius 1 is 1.42 bits per heavy atom. The Hall–Kier alpha value is -2.09. The van der Waals surface area contributed by atoms with Crippen LogP contribution in [0, 0.1) is 0 Å². The number of nitrogens with one attached hydrogen (secondary N) is 2. The van der Waals surface area contributed by atoms with Gasteiger partial charge in [-0.1, -0.05) is 11.8 Å². The summed E-state index contributed by atoms with van der Waals surface area (Å²) in [5, 5.41) is 3.54. The Kier molecular flexibility index (Phi) is 4.35. The number of nitrogens with two attached hydrogens (primary N) is 1. The molecule has 100 valence electrons. The van der Waals surface area contributed by atoms with E-state index >= 15 is 0 Å². The van der Waals surface area contributed by atoms with Crippen molar-refractivity contribution < 1.29 is 0 Å². The smallest absolute Gasteiger partial charge is 0.253 e. The lowest BCUT2D eigenvalue weighted by molar-refractivity contribution is 0.942. The normalized spacial score (nSPS) is 10.4. The highest BCUT2D eigenvalue weighted by atomic mass is 32.2. The van der Waals surface area contributed by atoms with Crippen LogP contribution in [0.1, 0.15) is 12.6 Å². The monoisotopic (exact) mass is 278 g/mol. The van der Waals surface area contributed by atoms with Gasteiger partial charge in [0.05, 0.1) is 18.1 Å².